The summed E-state index contributed by atoms with van der Waals surface area (Å²) in [6, 6.07) is 9.65. The number of hydrogen-bond acceptors (Lipinski definition) is 3. The molecule has 0 fully saturated rings. The molecule has 2 aromatic carbocycles. The zero-order chi connectivity index (χ0) is 15.6. The van der Waals surface area contributed by atoms with Crippen LogP contribution in [0, 0.1) is 0 Å². The van der Waals surface area contributed by atoms with Gasteiger partial charge >= 0.3 is 0 Å². The molecule has 3 nitrogen and oxygen atoms in total. The molecule has 7 heteroatoms. The van der Waals surface area contributed by atoms with E-state index in [1.54, 1.807) is 24.3 Å². The molecule has 0 aliphatic rings. The van der Waals surface area contributed by atoms with Crippen molar-refractivity contribution in [1.29, 1.82) is 0 Å². The Morgan fingerprint density at radius 2 is 1.67 bits per heavy atom. The first kappa shape index (κ1) is 16.4. The number of anilines is 1. The van der Waals surface area contributed by atoms with Crippen LogP contribution in [0.4, 0.5) is 5.69 Å². The second kappa shape index (κ2) is 6.44. The summed E-state index contributed by atoms with van der Waals surface area (Å²) in [6.45, 7) is 0.381. The highest BCUT2D eigenvalue weighted by molar-refractivity contribution is 7.90. The molecule has 0 atom stereocenters. The van der Waals surface area contributed by atoms with E-state index in [0.29, 0.717) is 27.3 Å². The molecule has 0 unspecified atom stereocenters. The Hall–Kier alpha value is -0.940. The highest BCUT2D eigenvalue weighted by atomic mass is 35.5. The van der Waals surface area contributed by atoms with Gasteiger partial charge in [0.05, 0.1) is 15.6 Å². The number of hydrogen-bond donors (Lipinski definition) is 1. The molecule has 2 aromatic rings. The van der Waals surface area contributed by atoms with Gasteiger partial charge in [-0.3, -0.25) is 0 Å². The summed E-state index contributed by atoms with van der Waals surface area (Å²) >= 11 is 18.1. The van der Waals surface area contributed by atoms with Gasteiger partial charge in [0.2, 0.25) is 0 Å². The second-order valence-electron chi connectivity index (χ2n) is 4.50. The van der Waals surface area contributed by atoms with Gasteiger partial charge in [0.1, 0.15) is 0 Å². The molecule has 0 amide bonds. The van der Waals surface area contributed by atoms with Gasteiger partial charge in [0, 0.05) is 22.8 Å². The van der Waals surface area contributed by atoms with Gasteiger partial charge < -0.3 is 5.32 Å². The fraction of sp³-hybridized carbons (Fsp3) is 0.143. The fourth-order valence-corrected chi connectivity index (χ4v) is 2.95. The first-order valence-electron chi connectivity index (χ1n) is 5.95. The monoisotopic (exact) mass is 363 g/mol. The van der Waals surface area contributed by atoms with E-state index < -0.39 is 9.84 Å². The topological polar surface area (TPSA) is 46.2 Å². The highest BCUT2D eigenvalue weighted by Crippen LogP contribution is 2.27. The summed E-state index contributed by atoms with van der Waals surface area (Å²) in [5.41, 5.74) is 1.32. The first-order valence-corrected chi connectivity index (χ1v) is 8.97. The predicted molar refractivity (Wildman–Crippen MR) is 88.4 cm³/mol. The van der Waals surface area contributed by atoms with E-state index in [0.717, 1.165) is 11.8 Å². The van der Waals surface area contributed by atoms with Crippen molar-refractivity contribution in [2.45, 2.75) is 11.4 Å². The molecule has 0 aliphatic heterocycles. The number of benzene rings is 2. The molecule has 2 rings (SSSR count). The Labute approximate surface area is 138 Å². The molecule has 0 aromatic heterocycles. The van der Waals surface area contributed by atoms with E-state index >= 15 is 0 Å². The van der Waals surface area contributed by atoms with Crippen LogP contribution in [0.5, 0.6) is 0 Å². The fourth-order valence-electron chi connectivity index (χ4n) is 1.74. The maximum Gasteiger partial charge on any atom is 0.175 e. The van der Waals surface area contributed by atoms with Crippen molar-refractivity contribution >= 4 is 50.3 Å². The zero-order valence-corrected chi connectivity index (χ0v) is 14.1. The Bertz CT molecular complexity index is 776. The van der Waals surface area contributed by atoms with Crippen LogP contribution in [-0.2, 0) is 16.4 Å². The van der Waals surface area contributed by atoms with Crippen LogP contribution in [0.15, 0.2) is 41.3 Å². The second-order valence-corrected chi connectivity index (χ2v) is 7.77. The Morgan fingerprint density at radius 1 is 1.00 bits per heavy atom. The van der Waals surface area contributed by atoms with Crippen molar-refractivity contribution in [2.75, 3.05) is 11.6 Å². The summed E-state index contributed by atoms with van der Waals surface area (Å²) in [6.07, 6.45) is 1.15. The lowest BCUT2D eigenvalue weighted by molar-refractivity contribution is 0.602. The molecule has 0 bridgehead atoms. The predicted octanol–water partition coefficient (Wildman–Crippen LogP) is 4.66. The van der Waals surface area contributed by atoms with E-state index in [9.17, 15) is 8.42 Å². The third kappa shape index (κ3) is 4.27. The standard InChI is InChI=1S/C14H12Cl3NO2S/c1-21(19,20)11-3-5-13(17)14(7-11)18-8-9-6-10(15)2-4-12(9)16/h2-7,18H,8H2,1H3. The minimum Gasteiger partial charge on any atom is -0.380 e. The molecule has 0 heterocycles. The molecular formula is C14H12Cl3NO2S. The average molecular weight is 365 g/mol. The molecule has 0 radical (unpaired) electrons. The van der Waals surface area contributed by atoms with Gasteiger partial charge in [0.15, 0.2) is 9.84 Å². The van der Waals surface area contributed by atoms with Crippen molar-refractivity contribution in [3.05, 3.63) is 57.0 Å². The average Bonchev–Trinajstić information content (AvgIpc) is 2.40. The van der Waals surface area contributed by atoms with Gasteiger partial charge in [0.25, 0.3) is 0 Å². The van der Waals surface area contributed by atoms with Crippen LogP contribution in [0.3, 0.4) is 0 Å². The van der Waals surface area contributed by atoms with Crippen molar-refractivity contribution in [2.24, 2.45) is 0 Å². The molecule has 0 aliphatic carbocycles. The van der Waals surface area contributed by atoms with Gasteiger partial charge in [-0.25, -0.2) is 8.42 Å². The summed E-state index contributed by atoms with van der Waals surface area (Å²) < 4.78 is 23.1. The van der Waals surface area contributed by atoms with Crippen molar-refractivity contribution in [1.82, 2.24) is 0 Å². The Kier molecular flexibility index (Phi) is 5.04. The van der Waals surface area contributed by atoms with Gasteiger partial charge in [-0.15, -0.1) is 0 Å². The Morgan fingerprint density at radius 3 is 2.33 bits per heavy atom. The molecular weight excluding hydrogens is 353 g/mol. The minimum absolute atomic E-state index is 0.201. The first-order chi connectivity index (χ1) is 9.77. The van der Waals surface area contributed by atoms with Gasteiger partial charge in [-0.05, 0) is 42.0 Å². The molecule has 21 heavy (non-hydrogen) atoms. The van der Waals surface area contributed by atoms with Crippen molar-refractivity contribution < 1.29 is 8.42 Å². The third-order valence-corrected chi connectivity index (χ3v) is 4.89. The largest absolute Gasteiger partial charge is 0.380 e. The van der Waals surface area contributed by atoms with Gasteiger partial charge in [-0.1, -0.05) is 34.8 Å². The maximum atomic E-state index is 11.6. The van der Waals surface area contributed by atoms with Crippen LogP contribution < -0.4 is 5.32 Å². The molecule has 0 saturated carbocycles. The smallest absolute Gasteiger partial charge is 0.175 e. The minimum atomic E-state index is -3.29. The maximum absolute atomic E-state index is 11.6. The quantitative estimate of drug-likeness (QED) is 0.858. The summed E-state index contributed by atoms with van der Waals surface area (Å²) in [5, 5.41) is 4.65. The molecule has 1 N–H and O–H groups in total. The zero-order valence-electron chi connectivity index (χ0n) is 11.0. The van der Waals surface area contributed by atoms with Crippen molar-refractivity contribution in [3.8, 4) is 0 Å². The SMILES string of the molecule is CS(=O)(=O)c1ccc(Cl)c(NCc2cc(Cl)ccc2Cl)c1. The van der Waals surface area contributed by atoms with Crippen LogP contribution in [0.1, 0.15) is 5.56 Å². The number of sulfone groups is 1. The molecule has 0 saturated heterocycles. The van der Waals surface area contributed by atoms with E-state index in [1.807, 2.05) is 0 Å². The number of halogens is 3. The molecule has 0 spiro atoms. The number of rotatable bonds is 4. The van der Waals surface area contributed by atoms with Crippen LogP contribution in [0.2, 0.25) is 15.1 Å². The van der Waals surface area contributed by atoms with E-state index in [-0.39, 0.29) is 4.90 Å². The number of nitrogens with one attached hydrogen (secondary N) is 1. The van der Waals surface area contributed by atoms with Gasteiger partial charge in [-0.2, -0.15) is 0 Å². The van der Waals surface area contributed by atoms with Crippen LogP contribution in [0.25, 0.3) is 0 Å². The summed E-state index contributed by atoms with van der Waals surface area (Å²) in [4.78, 5) is 0.201. The van der Waals surface area contributed by atoms with Crippen molar-refractivity contribution in [3.63, 3.8) is 0 Å². The van der Waals surface area contributed by atoms with E-state index in [2.05, 4.69) is 5.32 Å². The lowest BCUT2D eigenvalue weighted by Gasteiger charge is -2.11. The lowest BCUT2D eigenvalue weighted by atomic mass is 10.2. The third-order valence-electron chi connectivity index (χ3n) is 2.84. The Balaban J connectivity index is 2.26. The lowest BCUT2D eigenvalue weighted by Crippen LogP contribution is -2.03. The summed E-state index contributed by atoms with van der Waals surface area (Å²) in [7, 11) is -3.29. The highest BCUT2D eigenvalue weighted by Gasteiger charge is 2.10. The summed E-state index contributed by atoms with van der Waals surface area (Å²) in [5.74, 6) is 0. The van der Waals surface area contributed by atoms with Crippen LogP contribution >= 0.6 is 34.8 Å². The molecule has 112 valence electrons. The normalized spacial score (nSPS) is 11.4. The van der Waals surface area contributed by atoms with E-state index in [4.69, 9.17) is 34.8 Å². The van der Waals surface area contributed by atoms with E-state index in [1.165, 1.54) is 12.1 Å². The van der Waals surface area contributed by atoms with Crippen LogP contribution in [-0.4, -0.2) is 14.7 Å².